The van der Waals surface area contributed by atoms with E-state index in [4.69, 9.17) is 5.11 Å². The normalized spacial score (nSPS) is 13.5. The van der Waals surface area contributed by atoms with E-state index in [0.29, 0.717) is 5.82 Å². The van der Waals surface area contributed by atoms with Gasteiger partial charge >= 0.3 is 5.97 Å². The molecule has 0 aliphatic rings. The van der Waals surface area contributed by atoms with Crippen molar-refractivity contribution in [1.29, 1.82) is 0 Å². The number of ether oxygens (including phenoxy) is 1. The van der Waals surface area contributed by atoms with Crippen molar-refractivity contribution in [3.63, 3.8) is 0 Å². The third kappa shape index (κ3) is 3.51. The Labute approximate surface area is 98.1 Å². The summed E-state index contributed by atoms with van der Waals surface area (Å²) < 4.78 is 30.1. The zero-order valence-electron chi connectivity index (χ0n) is 9.30. The SMILES string of the molecule is COCC(NS(=O)(=O)c1cnc(C)[nH]1)C(=O)O. The van der Waals surface area contributed by atoms with Crippen molar-refractivity contribution in [2.45, 2.75) is 18.0 Å². The van der Waals surface area contributed by atoms with E-state index in [2.05, 4.69) is 14.7 Å². The molecule has 1 aromatic rings. The molecule has 0 saturated carbocycles. The van der Waals surface area contributed by atoms with Crippen molar-refractivity contribution in [2.75, 3.05) is 13.7 Å². The molecule has 0 radical (unpaired) electrons. The van der Waals surface area contributed by atoms with Crippen LogP contribution in [0.2, 0.25) is 0 Å². The summed E-state index contributed by atoms with van der Waals surface area (Å²) in [5, 5.41) is 8.60. The predicted molar refractivity (Wildman–Crippen MR) is 56.9 cm³/mol. The van der Waals surface area contributed by atoms with Gasteiger partial charge in [-0.15, -0.1) is 0 Å². The number of rotatable bonds is 6. The maximum atomic E-state index is 11.7. The molecule has 1 rings (SSSR count). The zero-order valence-corrected chi connectivity index (χ0v) is 10.1. The van der Waals surface area contributed by atoms with E-state index < -0.39 is 22.0 Å². The second-order valence-electron chi connectivity index (χ2n) is 3.30. The number of aliphatic carboxylic acids is 1. The number of imidazole rings is 1. The number of hydrogen-bond donors (Lipinski definition) is 3. The maximum absolute atomic E-state index is 11.7. The van der Waals surface area contributed by atoms with Gasteiger partial charge in [0.25, 0.3) is 10.0 Å². The number of H-pyrrole nitrogens is 1. The van der Waals surface area contributed by atoms with E-state index in [-0.39, 0.29) is 11.6 Å². The van der Waals surface area contributed by atoms with E-state index in [1.807, 2.05) is 4.72 Å². The van der Waals surface area contributed by atoms with Gasteiger partial charge in [0.2, 0.25) is 0 Å². The molecule has 0 aromatic carbocycles. The summed E-state index contributed by atoms with van der Waals surface area (Å²) in [6.07, 6.45) is 1.11. The van der Waals surface area contributed by atoms with Gasteiger partial charge in [-0.25, -0.2) is 13.4 Å². The lowest BCUT2D eigenvalue weighted by molar-refractivity contribution is -0.140. The second-order valence-corrected chi connectivity index (χ2v) is 4.98. The van der Waals surface area contributed by atoms with E-state index >= 15 is 0 Å². The molecular weight excluding hydrogens is 250 g/mol. The van der Waals surface area contributed by atoms with Crippen LogP contribution in [0.5, 0.6) is 0 Å². The fourth-order valence-corrected chi connectivity index (χ4v) is 2.25. The zero-order chi connectivity index (χ0) is 13.1. The number of aryl methyl sites for hydroxylation is 1. The molecular formula is C8H13N3O5S. The molecule has 0 amide bonds. The highest BCUT2D eigenvalue weighted by atomic mass is 32.2. The van der Waals surface area contributed by atoms with Crippen molar-refractivity contribution in [1.82, 2.24) is 14.7 Å². The topological polar surface area (TPSA) is 121 Å². The molecule has 1 heterocycles. The number of nitrogens with one attached hydrogen (secondary N) is 2. The van der Waals surface area contributed by atoms with Crippen LogP contribution in [0, 0.1) is 6.92 Å². The lowest BCUT2D eigenvalue weighted by Crippen LogP contribution is -2.43. The molecule has 1 atom stereocenters. The molecule has 0 aliphatic heterocycles. The number of hydrogen-bond acceptors (Lipinski definition) is 5. The molecule has 0 spiro atoms. The van der Waals surface area contributed by atoms with Crippen LogP contribution in [-0.2, 0) is 19.6 Å². The number of nitrogens with zero attached hydrogens (tertiary/aromatic N) is 1. The summed E-state index contributed by atoms with van der Waals surface area (Å²) in [5.74, 6) is -0.893. The number of sulfonamides is 1. The number of aromatic nitrogens is 2. The summed E-state index contributed by atoms with van der Waals surface area (Å²) in [7, 11) is -2.65. The van der Waals surface area contributed by atoms with E-state index in [0.717, 1.165) is 6.20 Å². The Balaban J connectivity index is 2.88. The quantitative estimate of drug-likeness (QED) is 0.611. The summed E-state index contributed by atoms with van der Waals surface area (Å²) in [6, 6.07) is -1.34. The molecule has 0 aliphatic carbocycles. The molecule has 9 heteroatoms. The van der Waals surface area contributed by atoms with Gasteiger partial charge in [-0.3, -0.25) is 4.79 Å². The van der Waals surface area contributed by atoms with Crippen molar-refractivity contribution in [2.24, 2.45) is 0 Å². The lowest BCUT2D eigenvalue weighted by atomic mass is 10.3. The minimum atomic E-state index is -3.93. The highest BCUT2D eigenvalue weighted by Gasteiger charge is 2.26. The third-order valence-corrected chi connectivity index (χ3v) is 3.28. The number of carbonyl (C=O) groups is 1. The smallest absolute Gasteiger partial charge is 0.324 e. The Bertz CT molecular complexity index is 495. The van der Waals surface area contributed by atoms with Gasteiger partial charge in [0, 0.05) is 7.11 Å². The number of methoxy groups -OCH3 is 1. The fraction of sp³-hybridized carbons (Fsp3) is 0.500. The van der Waals surface area contributed by atoms with Crippen LogP contribution in [0.1, 0.15) is 5.82 Å². The van der Waals surface area contributed by atoms with Crippen molar-refractivity contribution < 1.29 is 23.1 Å². The number of carboxylic acids is 1. The molecule has 17 heavy (non-hydrogen) atoms. The van der Waals surface area contributed by atoms with Gasteiger partial charge in [-0.1, -0.05) is 0 Å². The Morgan fingerprint density at radius 3 is 2.76 bits per heavy atom. The average molecular weight is 263 g/mol. The molecule has 3 N–H and O–H groups in total. The minimum absolute atomic E-state index is 0.183. The molecule has 1 unspecified atom stereocenters. The molecule has 8 nitrogen and oxygen atoms in total. The largest absolute Gasteiger partial charge is 0.480 e. The van der Waals surface area contributed by atoms with Crippen LogP contribution < -0.4 is 4.72 Å². The van der Waals surface area contributed by atoms with E-state index in [1.165, 1.54) is 7.11 Å². The standard InChI is InChI=1S/C8H13N3O5S/c1-5-9-3-7(10-5)17(14,15)11-6(4-16-2)8(12)13/h3,6,11H,4H2,1-2H3,(H,9,10)(H,12,13). The Kier molecular flexibility index (Phi) is 4.21. The number of carboxylic acid groups (broad SMARTS) is 1. The van der Waals surface area contributed by atoms with Gasteiger partial charge in [0.1, 0.15) is 11.9 Å². The van der Waals surface area contributed by atoms with Crippen molar-refractivity contribution >= 4 is 16.0 Å². The van der Waals surface area contributed by atoms with Crippen molar-refractivity contribution in [3.8, 4) is 0 Å². The summed E-state index contributed by atoms with van der Waals surface area (Å²) >= 11 is 0. The fourth-order valence-electron chi connectivity index (χ4n) is 1.11. The Morgan fingerprint density at radius 2 is 2.35 bits per heavy atom. The monoisotopic (exact) mass is 263 g/mol. The summed E-state index contributed by atoms with van der Waals surface area (Å²) in [6.45, 7) is 1.32. The van der Waals surface area contributed by atoms with E-state index in [9.17, 15) is 13.2 Å². The third-order valence-electron chi connectivity index (χ3n) is 1.90. The lowest BCUT2D eigenvalue weighted by Gasteiger charge is -2.12. The first-order valence-corrected chi connectivity index (χ1v) is 6.11. The minimum Gasteiger partial charge on any atom is -0.480 e. The van der Waals surface area contributed by atoms with Crippen LogP contribution in [0.3, 0.4) is 0 Å². The van der Waals surface area contributed by atoms with Gasteiger partial charge in [-0.05, 0) is 6.92 Å². The van der Waals surface area contributed by atoms with E-state index in [1.54, 1.807) is 6.92 Å². The first-order valence-electron chi connectivity index (χ1n) is 4.62. The highest BCUT2D eigenvalue weighted by molar-refractivity contribution is 7.89. The van der Waals surface area contributed by atoms with Gasteiger partial charge in [0.05, 0.1) is 12.8 Å². The van der Waals surface area contributed by atoms with Crippen LogP contribution in [0.25, 0.3) is 0 Å². The Hall–Kier alpha value is -1.45. The molecule has 0 saturated heterocycles. The molecule has 96 valence electrons. The average Bonchev–Trinajstić information content (AvgIpc) is 2.64. The molecule has 0 bridgehead atoms. The van der Waals surface area contributed by atoms with Crippen LogP contribution in [-0.4, -0.2) is 49.2 Å². The molecule has 0 fully saturated rings. The summed E-state index contributed by atoms with van der Waals surface area (Å²) in [4.78, 5) is 17.0. The van der Waals surface area contributed by atoms with Gasteiger partial charge in [0.15, 0.2) is 5.03 Å². The predicted octanol–water partition coefficient (Wildman–Crippen LogP) is -0.904. The van der Waals surface area contributed by atoms with Crippen LogP contribution >= 0.6 is 0 Å². The van der Waals surface area contributed by atoms with Gasteiger partial charge in [-0.2, -0.15) is 4.72 Å². The van der Waals surface area contributed by atoms with Crippen molar-refractivity contribution in [3.05, 3.63) is 12.0 Å². The maximum Gasteiger partial charge on any atom is 0.324 e. The van der Waals surface area contributed by atoms with Crippen LogP contribution in [0.15, 0.2) is 11.2 Å². The first kappa shape index (κ1) is 13.6. The number of aromatic amines is 1. The first-order chi connectivity index (χ1) is 7.86. The highest BCUT2D eigenvalue weighted by Crippen LogP contribution is 2.05. The summed E-state index contributed by atoms with van der Waals surface area (Å²) in [5.41, 5.74) is 0. The Morgan fingerprint density at radius 1 is 1.71 bits per heavy atom. The molecule has 1 aromatic heterocycles. The van der Waals surface area contributed by atoms with Gasteiger partial charge < -0.3 is 14.8 Å². The van der Waals surface area contributed by atoms with Crippen LogP contribution in [0.4, 0.5) is 0 Å². The second kappa shape index (κ2) is 5.25.